The van der Waals surface area contributed by atoms with Gasteiger partial charge in [0.15, 0.2) is 0 Å². The minimum Gasteiger partial charge on any atom is -0.343 e. The zero-order valence-electron chi connectivity index (χ0n) is 13.2. The van der Waals surface area contributed by atoms with Crippen LogP contribution < -0.4 is 5.32 Å². The summed E-state index contributed by atoms with van der Waals surface area (Å²) in [5.74, 6) is -0.462. The summed E-state index contributed by atoms with van der Waals surface area (Å²) >= 11 is 0. The van der Waals surface area contributed by atoms with Crippen molar-refractivity contribution in [3.63, 3.8) is 0 Å². The lowest BCUT2D eigenvalue weighted by atomic mass is 10.3. The van der Waals surface area contributed by atoms with Gasteiger partial charge < -0.3 is 10.2 Å². The molecule has 0 aliphatic rings. The van der Waals surface area contributed by atoms with Crippen molar-refractivity contribution in [3.05, 3.63) is 29.8 Å². The van der Waals surface area contributed by atoms with E-state index in [9.17, 15) is 9.59 Å². The van der Waals surface area contributed by atoms with Crippen LogP contribution in [-0.2, 0) is 17.9 Å². The van der Waals surface area contributed by atoms with Crippen molar-refractivity contribution in [2.75, 3.05) is 19.4 Å². The molecule has 0 saturated carbocycles. The predicted octanol–water partition coefficient (Wildman–Crippen LogP) is 0.748. The number of hydrogen-bond acceptors (Lipinski definition) is 4. The second kappa shape index (κ2) is 6.42. The second-order valence-corrected chi connectivity index (χ2v) is 5.19. The number of anilines is 1. The molecule has 0 radical (unpaired) electrons. The molecule has 1 N–H and O–H groups in total. The van der Waals surface area contributed by atoms with Gasteiger partial charge in [-0.1, -0.05) is 0 Å². The Hall–Kier alpha value is -2.64. The summed E-state index contributed by atoms with van der Waals surface area (Å²) in [6, 6.07) is 0. The van der Waals surface area contributed by atoms with Gasteiger partial charge in [-0.15, -0.1) is 0 Å². The number of amides is 2. The Morgan fingerprint density at radius 1 is 1.27 bits per heavy atom. The standard InChI is InChI=1S/C14H20N6O2/c1-5-20-13(14(22)18(3)4)11(7-16-20)17-12(21)9-19-8-10(2)6-15-19/h6-8H,5,9H2,1-4H3,(H,17,21). The quantitative estimate of drug-likeness (QED) is 0.883. The van der Waals surface area contributed by atoms with Crippen molar-refractivity contribution in [3.8, 4) is 0 Å². The summed E-state index contributed by atoms with van der Waals surface area (Å²) in [4.78, 5) is 25.8. The zero-order chi connectivity index (χ0) is 16.3. The van der Waals surface area contributed by atoms with Gasteiger partial charge in [-0.2, -0.15) is 10.2 Å². The van der Waals surface area contributed by atoms with Crippen LogP contribution in [0.5, 0.6) is 0 Å². The van der Waals surface area contributed by atoms with E-state index < -0.39 is 0 Å². The summed E-state index contributed by atoms with van der Waals surface area (Å²) in [6.45, 7) is 4.42. The monoisotopic (exact) mass is 304 g/mol. The first-order valence-corrected chi connectivity index (χ1v) is 6.98. The highest BCUT2D eigenvalue weighted by molar-refractivity contribution is 6.02. The first-order chi connectivity index (χ1) is 10.4. The Morgan fingerprint density at radius 2 is 2.00 bits per heavy atom. The van der Waals surface area contributed by atoms with E-state index >= 15 is 0 Å². The van der Waals surface area contributed by atoms with Gasteiger partial charge in [-0.05, 0) is 19.4 Å². The molecule has 0 unspecified atom stereocenters. The number of hydrogen-bond donors (Lipinski definition) is 1. The van der Waals surface area contributed by atoms with Crippen molar-refractivity contribution in [1.29, 1.82) is 0 Å². The molecule has 0 aliphatic heterocycles. The maximum absolute atomic E-state index is 12.2. The summed E-state index contributed by atoms with van der Waals surface area (Å²) in [5, 5.41) is 10.9. The van der Waals surface area contributed by atoms with Crippen LogP contribution in [0.25, 0.3) is 0 Å². The fourth-order valence-electron chi connectivity index (χ4n) is 2.04. The summed E-state index contributed by atoms with van der Waals surface area (Å²) < 4.78 is 3.11. The van der Waals surface area contributed by atoms with Gasteiger partial charge in [-0.3, -0.25) is 19.0 Å². The van der Waals surface area contributed by atoms with Crippen LogP contribution in [0.2, 0.25) is 0 Å². The third-order valence-electron chi connectivity index (χ3n) is 3.09. The van der Waals surface area contributed by atoms with Gasteiger partial charge in [-0.25, -0.2) is 0 Å². The average molecular weight is 304 g/mol. The van der Waals surface area contributed by atoms with Crippen LogP contribution >= 0.6 is 0 Å². The van der Waals surface area contributed by atoms with Crippen LogP contribution in [0.4, 0.5) is 5.69 Å². The number of aryl methyl sites for hydroxylation is 2. The van der Waals surface area contributed by atoms with E-state index in [0.29, 0.717) is 17.9 Å². The highest BCUT2D eigenvalue weighted by atomic mass is 16.2. The molecule has 0 atom stereocenters. The Kier molecular flexibility index (Phi) is 4.59. The molecule has 0 aromatic carbocycles. The average Bonchev–Trinajstić information content (AvgIpc) is 3.04. The fraction of sp³-hybridized carbons (Fsp3) is 0.429. The van der Waals surface area contributed by atoms with Gasteiger partial charge >= 0.3 is 0 Å². The number of aromatic nitrogens is 4. The number of rotatable bonds is 5. The molecule has 8 heteroatoms. The zero-order valence-corrected chi connectivity index (χ0v) is 13.2. The summed E-state index contributed by atoms with van der Waals surface area (Å²) in [6.07, 6.45) is 4.96. The molecule has 118 valence electrons. The van der Waals surface area contributed by atoms with Crippen molar-refractivity contribution >= 4 is 17.5 Å². The molecule has 0 spiro atoms. The number of carbonyl (C=O) groups excluding carboxylic acids is 2. The van der Waals surface area contributed by atoms with E-state index in [4.69, 9.17) is 0 Å². The van der Waals surface area contributed by atoms with Gasteiger partial charge in [0.1, 0.15) is 12.2 Å². The lowest BCUT2D eigenvalue weighted by Crippen LogP contribution is -2.27. The first-order valence-electron chi connectivity index (χ1n) is 6.98. The molecule has 2 amide bonds. The number of nitrogens with zero attached hydrogens (tertiary/aromatic N) is 5. The van der Waals surface area contributed by atoms with E-state index in [-0.39, 0.29) is 18.4 Å². The van der Waals surface area contributed by atoms with Crippen LogP contribution in [0.15, 0.2) is 18.6 Å². The van der Waals surface area contributed by atoms with E-state index in [1.165, 1.54) is 11.1 Å². The molecular formula is C14H20N6O2. The lowest BCUT2D eigenvalue weighted by Gasteiger charge is -2.13. The lowest BCUT2D eigenvalue weighted by molar-refractivity contribution is -0.116. The van der Waals surface area contributed by atoms with E-state index in [1.54, 1.807) is 35.9 Å². The normalized spacial score (nSPS) is 10.5. The molecule has 0 saturated heterocycles. The molecule has 22 heavy (non-hydrogen) atoms. The summed E-state index contributed by atoms with van der Waals surface area (Å²) in [7, 11) is 3.32. The minimum atomic E-state index is -0.258. The van der Waals surface area contributed by atoms with E-state index in [2.05, 4.69) is 15.5 Å². The van der Waals surface area contributed by atoms with E-state index in [1.807, 2.05) is 13.8 Å². The molecule has 0 fully saturated rings. The van der Waals surface area contributed by atoms with Crippen molar-refractivity contribution < 1.29 is 9.59 Å². The smallest absolute Gasteiger partial charge is 0.273 e. The molecule has 2 aromatic rings. The van der Waals surface area contributed by atoms with Crippen molar-refractivity contribution in [1.82, 2.24) is 24.5 Å². The van der Waals surface area contributed by atoms with Gasteiger partial charge in [0.2, 0.25) is 5.91 Å². The van der Waals surface area contributed by atoms with Crippen molar-refractivity contribution in [2.24, 2.45) is 0 Å². The first kappa shape index (κ1) is 15.7. The van der Waals surface area contributed by atoms with Gasteiger partial charge in [0.05, 0.1) is 18.1 Å². The van der Waals surface area contributed by atoms with Crippen LogP contribution in [0.1, 0.15) is 23.0 Å². The largest absolute Gasteiger partial charge is 0.343 e. The molecule has 0 bridgehead atoms. The minimum absolute atomic E-state index is 0.0841. The summed E-state index contributed by atoms with van der Waals surface area (Å²) in [5.41, 5.74) is 1.77. The van der Waals surface area contributed by atoms with E-state index in [0.717, 1.165) is 5.56 Å². The van der Waals surface area contributed by atoms with Gasteiger partial charge in [0, 0.05) is 26.8 Å². The second-order valence-electron chi connectivity index (χ2n) is 5.19. The highest BCUT2D eigenvalue weighted by Gasteiger charge is 2.21. The van der Waals surface area contributed by atoms with Crippen LogP contribution in [-0.4, -0.2) is 50.4 Å². The maximum atomic E-state index is 12.2. The Bertz CT molecular complexity index is 685. The Labute approximate surface area is 128 Å². The molecule has 2 heterocycles. The molecule has 2 aromatic heterocycles. The SMILES string of the molecule is CCn1ncc(NC(=O)Cn2cc(C)cn2)c1C(=O)N(C)C. The Balaban J connectivity index is 2.17. The fourth-order valence-corrected chi connectivity index (χ4v) is 2.04. The number of carbonyl (C=O) groups is 2. The highest BCUT2D eigenvalue weighted by Crippen LogP contribution is 2.16. The predicted molar refractivity (Wildman–Crippen MR) is 81.5 cm³/mol. The van der Waals surface area contributed by atoms with Crippen LogP contribution in [0, 0.1) is 6.92 Å². The van der Waals surface area contributed by atoms with Crippen molar-refractivity contribution in [2.45, 2.75) is 26.9 Å². The van der Waals surface area contributed by atoms with Gasteiger partial charge in [0.25, 0.3) is 5.91 Å². The van der Waals surface area contributed by atoms with Crippen LogP contribution in [0.3, 0.4) is 0 Å². The maximum Gasteiger partial charge on any atom is 0.273 e. The Morgan fingerprint density at radius 3 is 2.55 bits per heavy atom. The molecule has 8 nitrogen and oxygen atoms in total. The molecule has 2 rings (SSSR count). The molecule has 0 aliphatic carbocycles. The molecular weight excluding hydrogens is 284 g/mol. The topological polar surface area (TPSA) is 85.0 Å². The number of nitrogens with one attached hydrogen (secondary N) is 1. The third-order valence-corrected chi connectivity index (χ3v) is 3.09. The third kappa shape index (κ3) is 3.33.